The Bertz CT molecular complexity index is 1090. The van der Waals surface area contributed by atoms with E-state index in [1.807, 2.05) is 0 Å². The van der Waals surface area contributed by atoms with Gasteiger partial charge in [-0.2, -0.15) is 0 Å². The molecule has 0 aliphatic carbocycles. The molecule has 1 unspecified atom stereocenters. The number of benzene rings is 2. The number of carbonyl (C=O) groups excluding carboxylic acids is 1. The van der Waals surface area contributed by atoms with Crippen molar-refractivity contribution in [3.05, 3.63) is 80.7 Å². The number of aryl methyl sites for hydroxylation is 1. The molecule has 3 rings (SSSR count). The molecule has 1 aromatic heterocycles. The zero-order valence-corrected chi connectivity index (χ0v) is 17.3. The first-order chi connectivity index (χ1) is 14.9. The molecule has 1 heterocycles. The Balaban J connectivity index is 2.05. The maximum Gasteiger partial charge on any atom is 0.358 e. The Morgan fingerprint density at radius 2 is 1.97 bits per heavy atom. The van der Waals surface area contributed by atoms with Gasteiger partial charge in [0.1, 0.15) is 17.5 Å². The number of nitro benzene ring substituents is 1. The van der Waals surface area contributed by atoms with E-state index < -0.39 is 17.0 Å². The van der Waals surface area contributed by atoms with Crippen LogP contribution in [0.15, 0.2) is 42.5 Å². The zero-order valence-electron chi connectivity index (χ0n) is 17.3. The molecular formula is C21H22N4O6. The van der Waals surface area contributed by atoms with Gasteiger partial charge in [0.05, 0.1) is 30.7 Å². The SMILES string of the molecule is CCOC(=O)c1c(C(O)c2cccc(C)c2[N+](=O)[O-])nnn1Cc1ccc(OC)cc1. The number of ether oxygens (including phenoxy) is 2. The normalized spacial score (nSPS) is 11.7. The number of nitrogens with zero attached hydrogens (tertiary/aromatic N) is 4. The van der Waals surface area contributed by atoms with Crippen molar-refractivity contribution in [1.82, 2.24) is 15.0 Å². The molecule has 0 bridgehead atoms. The van der Waals surface area contributed by atoms with Crippen LogP contribution in [-0.4, -0.2) is 44.7 Å². The van der Waals surface area contributed by atoms with E-state index in [4.69, 9.17) is 9.47 Å². The molecule has 0 fully saturated rings. The topological polar surface area (TPSA) is 130 Å². The monoisotopic (exact) mass is 426 g/mol. The van der Waals surface area contributed by atoms with Crippen LogP contribution in [0.5, 0.6) is 5.75 Å². The number of carbonyl (C=O) groups is 1. The van der Waals surface area contributed by atoms with Gasteiger partial charge in [0, 0.05) is 5.56 Å². The molecule has 1 atom stereocenters. The lowest BCUT2D eigenvalue weighted by atomic mass is 10.00. The molecule has 162 valence electrons. The van der Waals surface area contributed by atoms with Crippen LogP contribution in [-0.2, 0) is 11.3 Å². The van der Waals surface area contributed by atoms with E-state index in [1.54, 1.807) is 57.4 Å². The van der Waals surface area contributed by atoms with Gasteiger partial charge in [0.15, 0.2) is 5.69 Å². The van der Waals surface area contributed by atoms with E-state index in [2.05, 4.69) is 10.3 Å². The Hall–Kier alpha value is -3.79. The van der Waals surface area contributed by atoms with Gasteiger partial charge in [-0.25, -0.2) is 9.48 Å². The molecule has 0 amide bonds. The van der Waals surface area contributed by atoms with Crippen LogP contribution in [0.25, 0.3) is 0 Å². The maximum atomic E-state index is 12.7. The summed E-state index contributed by atoms with van der Waals surface area (Å²) in [6.45, 7) is 3.50. The summed E-state index contributed by atoms with van der Waals surface area (Å²) < 4.78 is 11.6. The average molecular weight is 426 g/mol. The number of para-hydroxylation sites is 1. The molecule has 0 spiro atoms. The van der Waals surface area contributed by atoms with Crippen molar-refractivity contribution in [3.63, 3.8) is 0 Å². The summed E-state index contributed by atoms with van der Waals surface area (Å²) in [6.07, 6.45) is -1.54. The summed E-state index contributed by atoms with van der Waals surface area (Å²) in [5.41, 5.74) is 0.784. The van der Waals surface area contributed by atoms with Crippen LogP contribution < -0.4 is 4.74 Å². The summed E-state index contributed by atoms with van der Waals surface area (Å²) in [4.78, 5) is 23.7. The van der Waals surface area contributed by atoms with Gasteiger partial charge in [-0.3, -0.25) is 10.1 Å². The van der Waals surface area contributed by atoms with Crippen molar-refractivity contribution in [1.29, 1.82) is 0 Å². The van der Waals surface area contributed by atoms with Gasteiger partial charge >= 0.3 is 5.97 Å². The van der Waals surface area contributed by atoms with Crippen LogP contribution in [0.2, 0.25) is 0 Å². The fraction of sp³-hybridized carbons (Fsp3) is 0.286. The third-order valence-electron chi connectivity index (χ3n) is 4.73. The average Bonchev–Trinajstić information content (AvgIpc) is 3.17. The molecule has 10 nitrogen and oxygen atoms in total. The summed E-state index contributed by atoms with van der Waals surface area (Å²) in [5.74, 6) is -0.0545. The van der Waals surface area contributed by atoms with E-state index in [0.29, 0.717) is 11.3 Å². The summed E-state index contributed by atoms with van der Waals surface area (Å²) >= 11 is 0. The van der Waals surface area contributed by atoms with Crippen molar-refractivity contribution in [2.24, 2.45) is 0 Å². The molecule has 1 N–H and O–H groups in total. The first-order valence-corrected chi connectivity index (χ1v) is 9.52. The summed E-state index contributed by atoms with van der Waals surface area (Å²) in [5, 5.41) is 30.5. The quantitative estimate of drug-likeness (QED) is 0.331. The molecule has 0 radical (unpaired) electrons. The Kier molecular flexibility index (Phi) is 6.61. The van der Waals surface area contributed by atoms with Gasteiger partial charge in [0.2, 0.25) is 0 Å². The van der Waals surface area contributed by atoms with Gasteiger partial charge in [0.25, 0.3) is 5.69 Å². The second-order valence-electron chi connectivity index (χ2n) is 6.72. The van der Waals surface area contributed by atoms with E-state index >= 15 is 0 Å². The highest BCUT2D eigenvalue weighted by Crippen LogP contribution is 2.33. The molecule has 10 heteroatoms. The Labute approximate surface area is 178 Å². The van der Waals surface area contributed by atoms with Crippen molar-refractivity contribution >= 4 is 11.7 Å². The summed E-state index contributed by atoms with van der Waals surface area (Å²) in [6, 6.07) is 11.7. The smallest absolute Gasteiger partial charge is 0.358 e. The number of esters is 1. The van der Waals surface area contributed by atoms with Crippen LogP contribution >= 0.6 is 0 Å². The first-order valence-electron chi connectivity index (χ1n) is 9.52. The number of aliphatic hydroxyl groups is 1. The minimum atomic E-state index is -1.54. The molecule has 0 saturated carbocycles. The van der Waals surface area contributed by atoms with Crippen molar-refractivity contribution in [2.45, 2.75) is 26.5 Å². The second-order valence-corrected chi connectivity index (χ2v) is 6.72. The largest absolute Gasteiger partial charge is 0.497 e. The lowest BCUT2D eigenvalue weighted by Gasteiger charge is -2.13. The first kappa shape index (κ1) is 21.9. The fourth-order valence-corrected chi connectivity index (χ4v) is 3.23. The lowest BCUT2D eigenvalue weighted by Crippen LogP contribution is -2.17. The predicted molar refractivity (Wildman–Crippen MR) is 110 cm³/mol. The van der Waals surface area contributed by atoms with Crippen molar-refractivity contribution < 1.29 is 24.3 Å². The highest BCUT2D eigenvalue weighted by molar-refractivity contribution is 5.89. The molecule has 2 aromatic carbocycles. The molecule has 0 saturated heterocycles. The minimum absolute atomic E-state index is 0.0204. The predicted octanol–water partition coefficient (Wildman–Crippen LogP) is 2.81. The third-order valence-corrected chi connectivity index (χ3v) is 4.73. The molecule has 31 heavy (non-hydrogen) atoms. The van der Waals surface area contributed by atoms with Gasteiger partial charge < -0.3 is 14.6 Å². The van der Waals surface area contributed by atoms with Crippen molar-refractivity contribution in [3.8, 4) is 5.75 Å². The second kappa shape index (κ2) is 9.35. The van der Waals surface area contributed by atoms with Crippen LogP contribution in [0.4, 0.5) is 5.69 Å². The third kappa shape index (κ3) is 4.53. The number of nitro groups is 1. The molecule has 0 aliphatic rings. The standard InChI is InChI=1S/C21H22N4O6/c1-4-31-21(27)19-17(20(26)16-7-5-6-13(2)18(16)25(28)29)22-23-24(19)12-14-8-10-15(30-3)11-9-14/h5-11,20,26H,4,12H2,1-3H3. The van der Waals surface area contributed by atoms with E-state index in [-0.39, 0.29) is 35.8 Å². The number of aliphatic hydroxyl groups excluding tert-OH is 1. The molecule has 0 aliphatic heterocycles. The number of methoxy groups -OCH3 is 1. The number of rotatable bonds is 8. The molecular weight excluding hydrogens is 404 g/mol. The fourth-order valence-electron chi connectivity index (χ4n) is 3.23. The number of aromatic nitrogens is 3. The number of hydrogen-bond acceptors (Lipinski definition) is 8. The Morgan fingerprint density at radius 3 is 2.58 bits per heavy atom. The highest BCUT2D eigenvalue weighted by atomic mass is 16.6. The van der Waals surface area contributed by atoms with Gasteiger partial charge in [-0.1, -0.05) is 29.5 Å². The van der Waals surface area contributed by atoms with Crippen LogP contribution in [0, 0.1) is 17.0 Å². The van der Waals surface area contributed by atoms with Gasteiger partial charge in [-0.05, 0) is 37.6 Å². The van der Waals surface area contributed by atoms with Crippen molar-refractivity contribution in [2.75, 3.05) is 13.7 Å². The van der Waals surface area contributed by atoms with Crippen LogP contribution in [0.1, 0.15) is 45.9 Å². The Morgan fingerprint density at radius 1 is 1.26 bits per heavy atom. The van der Waals surface area contributed by atoms with E-state index in [0.717, 1.165) is 5.56 Å². The van der Waals surface area contributed by atoms with Gasteiger partial charge in [-0.15, -0.1) is 5.10 Å². The minimum Gasteiger partial charge on any atom is -0.497 e. The highest BCUT2D eigenvalue weighted by Gasteiger charge is 2.32. The van der Waals surface area contributed by atoms with E-state index in [9.17, 15) is 20.0 Å². The maximum absolute atomic E-state index is 12.7. The van der Waals surface area contributed by atoms with Crippen LogP contribution in [0.3, 0.4) is 0 Å². The lowest BCUT2D eigenvalue weighted by molar-refractivity contribution is -0.386. The summed E-state index contributed by atoms with van der Waals surface area (Å²) in [7, 11) is 1.56. The zero-order chi connectivity index (χ0) is 22.5. The molecule has 3 aromatic rings. The van der Waals surface area contributed by atoms with E-state index in [1.165, 1.54) is 10.7 Å². The number of hydrogen-bond donors (Lipinski definition) is 1.